The number of hydrogen-bond donors (Lipinski definition) is 2. The van der Waals surface area contributed by atoms with Crippen LogP contribution in [0, 0.1) is 5.92 Å². The lowest BCUT2D eigenvalue weighted by molar-refractivity contribution is -0.141. The average Bonchev–Trinajstić information content (AvgIpc) is 3.09. The molecule has 26 heavy (non-hydrogen) atoms. The Bertz CT molecular complexity index is 595. The minimum atomic E-state index is -0.439. The maximum atomic E-state index is 12.1. The van der Waals surface area contributed by atoms with E-state index < -0.39 is 5.97 Å². The summed E-state index contributed by atoms with van der Waals surface area (Å²) in [5, 5.41) is 6.17. The van der Waals surface area contributed by atoms with E-state index in [1.807, 2.05) is 0 Å². The van der Waals surface area contributed by atoms with Gasteiger partial charge < -0.3 is 10.1 Å². The van der Waals surface area contributed by atoms with Crippen LogP contribution in [0.3, 0.4) is 0 Å². The SMILES string of the molecule is COC(=O)CNC(=O)C1CSC(C(C)c2ccc(CC(C)C)cc2)N1.Cl. The Morgan fingerprint density at radius 3 is 2.50 bits per heavy atom. The molecule has 0 aliphatic carbocycles. The highest BCUT2D eigenvalue weighted by atomic mass is 35.5. The van der Waals surface area contributed by atoms with Crippen LogP contribution in [0.5, 0.6) is 0 Å². The fraction of sp³-hybridized carbons (Fsp3) is 0.579. The van der Waals surface area contributed by atoms with Crippen molar-refractivity contribution in [2.75, 3.05) is 19.4 Å². The minimum Gasteiger partial charge on any atom is -0.468 e. The van der Waals surface area contributed by atoms with E-state index in [1.165, 1.54) is 18.2 Å². The molecule has 1 aromatic carbocycles. The summed E-state index contributed by atoms with van der Waals surface area (Å²) in [5.74, 6) is 1.06. The molecule has 1 aromatic rings. The lowest BCUT2D eigenvalue weighted by atomic mass is 9.96. The highest BCUT2D eigenvalue weighted by Crippen LogP contribution is 2.32. The summed E-state index contributed by atoms with van der Waals surface area (Å²) in [7, 11) is 1.31. The van der Waals surface area contributed by atoms with Gasteiger partial charge in [0.25, 0.3) is 0 Å². The van der Waals surface area contributed by atoms with Gasteiger partial charge in [-0.3, -0.25) is 14.9 Å². The van der Waals surface area contributed by atoms with Crippen molar-refractivity contribution in [2.24, 2.45) is 5.92 Å². The van der Waals surface area contributed by atoms with Crippen LogP contribution in [0.1, 0.15) is 37.8 Å². The third-order valence-electron chi connectivity index (χ3n) is 4.36. The maximum absolute atomic E-state index is 12.1. The molecule has 5 nitrogen and oxygen atoms in total. The van der Waals surface area contributed by atoms with E-state index in [1.54, 1.807) is 11.8 Å². The van der Waals surface area contributed by atoms with Crippen LogP contribution in [0.15, 0.2) is 24.3 Å². The van der Waals surface area contributed by atoms with Gasteiger partial charge in [-0.25, -0.2) is 0 Å². The Balaban J connectivity index is 0.00000338. The number of hydrogen-bond acceptors (Lipinski definition) is 5. The normalized spacial score (nSPS) is 20.3. The average molecular weight is 401 g/mol. The first-order valence-corrected chi connectivity index (χ1v) is 9.76. The van der Waals surface area contributed by atoms with Crippen LogP contribution in [0.4, 0.5) is 0 Å². The summed E-state index contributed by atoms with van der Waals surface area (Å²) in [6.07, 6.45) is 1.09. The number of carbonyl (C=O) groups is 2. The van der Waals surface area contributed by atoms with E-state index in [0.717, 1.165) is 6.42 Å². The first kappa shape index (κ1) is 22.8. The summed E-state index contributed by atoms with van der Waals surface area (Å²) >= 11 is 1.75. The lowest BCUT2D eigenvalue weighted by Gasteiger charge is -2.21. The summed E-state index contributed by atoms with van der Waals surface area (Å²) < 4.78 is 4.53. The topological polar surface area (TPSA) is 67.4 Å². The predicted octanol–water partition coefficient (Wildman–Crippen LogP) is 2.73. The van der Waals surface area contributed by atoms with Gasteiger partial charge in [-0.15, -0.1) is 24.2 Å². The quantitative estimate of drug-likeness (QED) is 0.689. The van der Waals surface area contributed by atoms with Crippen molar-refractivity contribution in [3.05, 3.63) is 35.4 Å². The number of carbonyl (C=O) groups excluding carboxylic acids is 2. The van der Waals surface area contributed by atoms with Crippen LogP contribution in [0.25, 0.3) is 0 Å². The Labute approximate surface area is 166 Å². The summed E-state index contributed by atoms with van der Waals surface area (Å²) in [4.78, 5) is 23.2. The molecule has 0 bridgehead atoms. The van der Waals surface area contributed by atoms with Crippen LogP contribution in [-0.2, 0) is 20.7 Å². The number of halogens is 1. The van der Waals surface area contributed by atoms with Gasteiger partial charge in [-0.1, -0.05) is 45.0 Å². The number of thioether (sulfide) groups is 1. The molecule has 0 radical (unpaired) electrons. The monoisotopic (exact) mass is 400 g/mol. The van der Waals surface area contributed by atoms with Crippen molar-refractivity contribution in [1.82, 2.24) is 10.6 Å². The minimum absolute atomic E-state index is 0. The Kier molecular flexibility index (Phi) is 9.47. The molecule has 1 amide bonds. The van der Waals surface area contributed by atoms with Gasteiger partial charge in [0.2, 0.25) is 5.91 Å². The number of esters is 1. The first-order chi connectivity index (χ1) is 11.9. The third kappa shape index (κ3) is 6.49. The van der Waals surface area contributed by atoms with E-state index in [9.17, 15) is 9.59 Å². The van der Waals surface area contributed by atoms with Gasteiger partial charge in [-0.05, 0) is 23.5 Å². The largest absolute Gasteiger partial charge is 0.468 e. The number of rotatable bonds is 7. The summed E-state index contributed by atoms with van der Waals surface area (Å²) in [6, 6.07) is 8.50. The second-order valence-corrected chi connectivity index (χ2v) is 8.07. The number of amides is 1. The molecule has 7 heteroatoms. The lowest BCUT2D eigenvalue weighted by Crippen LogP contribution is -2.46. The molecule has 0 aromatic heterocycles. The zero-order valence-electron chi connectivity index (χ0n) is 15.8. The molecule has 146 valence electrons. The Morgan fingerprint density at radius 1 is 1.27 bits per heavy atom. The van der Waals surface area contributed by atoms with Crippen molar-refractivity contribution in [3.63, 3.8) is 0 Å². The van der Waals surface area contributed by atoms with E-state index >= 15 is 0 Å². The molecule has 2 N–H and O–H groups in total. The van der Waals surface area contributed by atoms with E-state index in [2.05, 4.69) is 60.4 Å². The standard InChI is InChI=1S/C19H28N2O3S.ClH/c1-12(2)9-14-5-7-15(8-6-14)13(3)19-21-16(11-25-19)18(23)20-10-17(22)24-4;/h5-8,12-13,16,19,21H,9-11H2,1-4H3,(H,20,23);1H. The van der Waals surface area contributed by atoms with Gasteiger partial charge >= 0.3 is 5.97 Å². The van der Waals surface area contributed by atoms with Crippen LogP contribution >= 0.6 is 24.2 Å². The molecule has 1 fully saturated rings. The predicted molar refractivity (Wildman–Crippen MR) is 109 cm³/mol. The molecule has 1 saturated heterocycles. The van der Waals surface area contributed by atoms with Crippen molar-refractivity contribution < 1.29 is 14.3 Å². The van der Waals surface area contributed by atoms with Crippen LogP contribution in [-0.4, -0.2) is 42.7 Å². The highest BCUT2D eigenvalue weighted by Gasteiger charge is 2.33. The number of ether oxygens (including phenoxy) is 1. The summed E-state index contributed by atoms with van der Waals surface area (Å²) in [5.41, 5.74) is 2.63. The molecule has 3 unspecified atom stereocenters. The fourth-order valence-electron chi connectivity index (χ4n) is 2.89. The zero-order valence-corrected chi connectivity index (χ0v) is 17.4. The Hall–Kier alpha value is -1.24. The van der Waals surface area contributed by atoms with Crippen molar-refractivity contribution in [2.45, 2.75) is 44.5 Å². The number of methoxy groups -OCH3 is 1. The van der Waals surface area contributed by atoms with Gasteiger partial charge in [0.05, 0.1) is 18.5 Å². The van der Waals surface area contributed by atoms with Crippen LogP contribution < -0.4 is 10.6 Å². The number of benzene rings is 1. The molecule has 0 saturated carbocycles. The first-order valence-electron chi connectivity index (χ1n) is 8.71. The maximum Gasteiger partial charge on any atom is 0.325 e. The second kappa shape index (κ2) is 10.8. The molecular weight excluding hydrogens is 372 g/mol. The molecule has 0 spiro atoms. The van der Waals surface area contributed by atoms with Crippen molar-refractivity contribution in [3.8, 4) is 0 Å². The second-order valence-electron chi connectivity index (χ2n) is 6.90. The highest BCUT2D eigenvalue weighted by molar-refractivity contribution is 8.00. The molecule has 3 atom stereocenters. The van der Waals surface area contributed by atoms with Crippen molar-refractivity contribution >= 4 is 36.0 Å². The van der Waals surface area contributed by atoms with Gasteiger partial charge in [0.1, 0.15) is 6.54 Å². The van der Waals surface area contributed by atoms with Gasteiger partial charge in [0, 0.05) is 11.7 Å². The van der Waals surface area contributed by atoms with Crippen LogP contribution in [0.2, 0.25) is 0 Å². The van der Waals surface area contributed by atoms with Gasteiger partial charge in [0.15, 0.2) is 0 Å². The molecule has 1 aliphatic heterocycles. The van der Waals surface area contributed by atoms with Crippen molar-refractivity contribution in [1.29, 1.82) is 0 Å². The van der Waals surface area contributed by atoms with E-state index in [4.69, 9.17) is 0 Å². The van der Waals surface area contributed by atoms with E-state index in [-0.39, 0.29) is 36.3 Å². The van der Waals surface area contributed by atoms with Gasteiger partial charge in [-0.2, -0.15) is 0 Å². The zero-order chi connectivity index (χ0) is 18.4. The fourth-order valence-corrected chi connectivity index (χ4v) is 4.25. The summed E-state index contributed by atoms with van der Waals surface area (Å²) in [6.45, 7) is 6.54. The smallest absolute Gasteiger partial charge is 0.325 e. The molecule has 1 heterocycles. The molecule has 1 aliphatic rings. The third-order valence-corrected chi connectivity index (χ3v) is 5.79. The van der Waals surface area contributed by atoms with E-state index in [0.29, 0.717) is 17.6 Å². The molecule has 2 rings (SSSR count). The Morgan fingerprint density at radius 2 is 1.92 bits per heavy atom. The molecular formula is C19H29ClN2O3S. The number of nitrogens with one attached hydrogen (secondary N) is 2.